The Bertz CT molecular complexity index is 953. The fourth-order valence-electron chi connectivity index (χ4n) is 3.01. The zero-order chi connectivity index (χ0) is 19.3. The van der Waals surface area contributed by atoms with Crippen LogP contribution in [0.3, 0.4) is 0 Å². The molecule has 0 bridgehead atoms. The van der Waals surface area contributed by atoms with Crippen molar-refractivity contribution in [1.29, 1.82) is 5.26 Å². The van der Waals surface area contributed by atoms with Crippen LogP contribution in [-0.2, 0) is 14.3 Å². The third-order valence-corrected chi connectivity index (χ3v) is 4.37. The number of benzene rings is 1. The van der Waals surface area contributed by atoms with Crippen molar-refractivity contribution >= 4 is 22.8 Å². The van der Waals surface area contributed by atoms with Crippen molar-refractivity contribution < 1.29 is 23.5 Å². The molecule has 0 radical (unpaired) electrons. The van der Waals surface area contributed by atoms with Crippen molar-refractivity contribution in [1.82, 2.24) is 5.32 Å². The lowest BCUT2D eigenvalue weighted by molar-refractivity contribution is -0.150. The number of rotatable bonds is 6. The van der Waals surface area contributed by atoms with Crippen LogP contribution >= 0.6 is 0 Å². The molecule has 1 aromatic carbocycles. The molecule has 1 aliphatic carbocycles. The monoisotopic (exact) mass is 370 g/mol. The van der Waals surface area contributed by atoms with Crippen LogP contribution in [0, 0.1) is 11.3 Å². The van der Waals surface area contributed by atoms with Gasteiger partial charge in [0.05, 0.1) is 6.07 Å². The van der Waals surface area contributed by atoms with E-state index in [0.29, 0.717) is 24.2 Å². The Balaban J connectivity index is 1.47. The maximum atomic E-state index is 11.9. The summed E-state index contributed by atoms with van der Waals surface area (Å²) in [5, 5.41) is 12.6. The van der Waals surface area contributed by atoms with Gasteiger partial charge in [-0.25, -0.2) is 9.59 Å². The van der Waals surface area contributed by atoms with Crippen LogP contribution in [0.15, 0.2) is 39.5 Å². The number of carbonyl (C=O) groups excluding carboxylic acids is 2. The number of nitrogens with zero attached hydrogens (tertiary/aromatic N) is 1. The smallest absolute Gasteiger partial charge is 0.344 e. The molecule has 0 atom stereocenters. The van der Waals surface area contributed by atoms with Crippen molar-refractivity contribution in [2.45, 2.75) is 31.2 Å². The zero-order valence-electron chi connectivity index (χ0n) is 14.5. The van der Waals surface area contributed by atoms with E-state index in [2.05, 4.69) is 11.4 Å². The Hall–Kier alpha value is -3.34. The van der Waals surface area contributed by atoms with E-state index >= 15 is 0 Å². The van der Waals surface area contributed by atoms with Crippen molar-refractivity contribution in [3.05, 3.63) is 40.8 Å². The van der Waals surface area contributed by atoms with Gasteiger partial charge in [0.25, 0.3) is 5.91 Å². The molecule has 3 rings (SSSR count). The van der Waals surface area contributed by atoms with Gasteiger partial charge < -0.3 is 19.2 Å². The number of fused-ring (bicyclic) bond motifs is 1. The second-order valence-corrected chi connectivity index (χ2v) is 6.35. The molecule has 1 saturated carbocycles. The number of ether oxygens (including phenoxy) is 2. The first-order valence-corrected chi connectivity index (χ1v) is 8.54. The minimum Gasteiger partial charge on any atom is -0.482 e. The van der Waals surface area contributed by atoms with Gasteiger partial charge >= 0.3 is 11.6 Å². The van der Waals surface area contributed by atoms with Crippen LogP contribution in [0.5, 0.6) is 5.75 Å². The highest BCUT2D eigenvalue weighted by Crippen LogP contribution is 2.28. The van der Waals surface area contributed by atoms with E-state index in [4.69, 9.17) is 13.9 Å². The molecule has 8 nitrogen and oxygen atoms in total. The van der Waals surface area contributed by atoms with E-state index in [1.807, 2.05) is 0 Å². The molecule has 1 heterocycles. The summed E-state index contributed by atoms with van der Waals surface area (Å²) < 4.78 is 15.2. The van der Waals surface area contributed by atoms with E-state index in [9.17, 15) is 19.6 Å². The van der Waals surface area contributed by atoms with Gasteiger partial charge in [0.15, 0.2) is 13.2 Å². The Morgan fingerprint density at radius 3 is 2.67 bits per heavy atom. The van der Waals surface area contributed by atoms with E-state index in [0.717, 1.165) is 18.2 Å². The van der Waals surface area contributed by atoms with Crippen LogP contribution in [0.1, 0.15) is 25.7 Å². The quantitative estimate of drug-likeness (QED) is 0.607. The highest BCUT2D eigenvalue weighted by molar-refractivity contribution is 5.82. The summed E-state index contributed by atoms with van der Waals surface area (Å²) in [6, 6.07) is 9.87. The minimum atomic E-state index is -0.852. The molecule has 8 heteroatoms. The Kier molecular flexibility index (Phi) is 5.41. The molecule has 1 amide bonds. The zero-order valence-corrected chi connectivity index (χ0v) is 14.5. The largest absolute Gasteiger partial charge is 0.482 e. The number of hydrogen-bond donors (Lipinski definition) is 1. The molecule has 0 spiro atoms. The average molecular weight is 370 g/mol. The maximum Gasteiger partial charge on any atom is 0.344 e. The lowest BCUT2D eigenvalue weighted by Gasteiger charge is -2.21. The number of carbonyl (C=O) groups is 2. The highest BCUT2D eigenvalue weighted by Gasteiger charge is 2.35. The fourth-order valence-corrected chi connectivity index (χ4v) is 3.01. The number of esters is 1. The van der Waals surface area contributed by atoms with Gasteiger partial charge in [0.1, 0.15) is 16.9 Å². The minimum absolute atomic E-state index is 0.327. The molecule has 1 aliphatic rings. The fraction of sp³-hybridized carbons (Fsp3) is 0.368. The first kappa shape index (κ1) is 18.5. The van der Waals surface area contributed by atoms with E-state index in [1.54, 1.807) is 18.2 Å². The topological polar surface area (TPSA) is 119 Å². The Morgan fingerprint density at radius 1 is 1.19 bits per heavy atom. The van der Waals surface area contributed by atoms with Crippen LogP contribution in [-0.4, -0.2) is 30.6 Å². The second-order valence-electron chi connectivity index (χ2n) is 6.35. The second kappa shape index (κ2) is 7.91. The van der Waals surface area contributed by atoms with Gasteiger partial charge in [0, 0.05) is 17.5 Å². The number of hydrogen-bond acceptors (Lipinski definition) is 7. The summed E-state index contributed by atoms with van der Waals surface area (Å²) in [6.45, 7) is -0.878. The van der Waals surface area contributed by atoms with Gasteiger partial charge in [-0.2, -0.15) is 5.26 Å². The van der Waals surface area contributed by atoms with Crippen LogP contribution in [0.4, 0.5) is 0 Å². The summed E-state index contributed by atoms with van der Waals surface area (Å²) in [4.78, 5) is 34.9. The maximum absolute atomic E-state index is 11.9. The summed E-state index contributed by atoms with van der Waals surface area (Å²) in [5.41, 5.74) is -0.997. The number of nitrogens with one attached hydrogen (secondary N) is 1. The normalized spacial score (nSPS) is 15.1. The molecule has 1 N–H and O–H groups in total. The highest BCUT2D eigenvalue weighted by atomic mass is 16.6. The molecule has 0 aliphatic heterocycles. The third kappa shape index (κ3) is 4.64. The first-order valence-electron chi connectivity index (χ1n) is 8.54. The molecule has 2 aromatic rings. The van der Waals surface area contributed by atoms with E-state index in [1.165, 1.54) is 12.1 Å². The SMILES string of the molecule is N#CC1(NC(=O)COC(=O)COc2ccc3ccc(=O)oc3c2)CCCC1. The molecule has 0 unspecified atom stereocenters. The van der Waals surface area contributed by atoms with Crippen LogP contribution in [0.25, 0.3) is 11.0 Å². The van der Waals surface area contributed by atoms with Crippen molar-refractivity contribution in [3.63, 3.8) is 0 Å². The van der Waals surface area contributed by atoms with Gasteiger partial charge in [-0.3, -0.25) is 4.79 Å². The predicted octanol–water partition coefficient (Wildman–Crippen LogP) is 1.67. The van der Waals surface area contributed by atoms with Crippen molar-refractivity contribution in [3.8, 4) is 11.8 Å². The molecule has 1 fully saturated rings. The standard InChI is InChI=1S/C19H18N2O6/c20-12-19(7-1-2-8-19)21-16(22)10-26-18(24)11-25-14-5-3-13-4-6-17(23)27-15(13)9-14/h3-6,9H,1-2,7-8,10-11H2,(H,21,22). The van der Waals surface area contributed by atoms with Gasteiger partial charge in [0.2, 0.25) is 0 Å². The molecule has 1 aromatic heterocycles. The third-order valence-electron chi connectivity index (χ3n) is 4.37. The summed E-state index contributed by atoms with van der Waals surface area (Å²) in [7, 11) is 0. The molecule has 0 saturated heterocycles. The van der Waals surface area contributed by atoms with Crippen molar-refractivity contribution in [2.24, 2.45) is 0 Å². The summed E-state index contributed by atoms with van der Waals surface area (Å²) >= 11 is 0. The number of amides is 1. The first-order chi connectivity index (χ1) is 13.0. The summed E-state index contributed by atoms with van der Waals surface area (Å²) in [6.07, 6.45) is 2.97. The molecular formula is C19H18N2O6. The Morgan fingerprint density at radius 2 is 1.93 bits per heavy atom. The van der Waals surface area contributed by atoms with E-state index in [-0.39, 0.29) is 0 Å². The lowest BCUT2D eigenvalue weighted by Crippen LogP contribution is -2.46. The van der Waals surface area contributed by atoms with Gasteiger partial charge in [-0.1, -0.05) is 0 Å². The van der Waals surface area contributed by atoms with Crippen LogP contribution < -0.4 is 15.7 Å². The summed E-state index contributed by atoms with van der Waals surface area (Å²) in [5.74, 6) is -0.913. The molecular weight excluding hydrogens is 352 g/mol. The Labute approximate surface area is 154 Å². The predicted molar refractivity (Wildman–Crippen MR) is 93.9 cm³/mol. The molecule has 140 valence electrons. The van der Waals surface area contributed by atoms with Crippen molar-refractivity contribution in [2.75, 3.05) is 13.2 Å². The van der Waals surface area contributed by atoms with Crippen LogP contribution in [0.2, 0.25) is 0 Å². The molecule has 27 heavy (non-hydrogen) atoms. The van der Waals surface area contributed by atoms with E-state index < -0.39 is 36.3 Å². The van der Waals surface area contributed by atoms with Gasteiger partial charge in [-0.15, -0.1) is 0 Å². The lowest BCUT2D eigenvalue weighted by atomic mass is 10.00. The number of nitriles is 1. The van der Waals surface area contributed by atoms with Gasteiger partial charge in [-0.05, 0) is 43.9 Å². The average Bonchev–Trinajstić information content (AvgIpc) is 3.13.